The Hall–Kier alpha value is -1.57. The molecular weight excluding hydrogens is 294 g/mol. The van der Waals surface area contributed by atoms with Gasteiger partial charge in [-0.3, -0.25) is 9.69 Å². The first kappa shape index (κ1) is 16.8. The topological polar surface area (TPSA) is 62.5 Å². The molecule has 0 aliphatic carbocycles. The molecule has 22 heavy (non-hydrogen) atoms. The number of nitrogens with zero attached hydrogens (tertiary/aromatic N) is 4. The van der Waals surface area contributed by atoms with Gasteiger partial charge in [-0.15, -0.1) is 0 Å². The van der Waals surface area contributed by atoms with Crippen LogP contribution in [0.4, 0.5) is 8.78 Å². The maximum Gasteiger partial charge on any atom is 0.322 e. The minimum atomic E-state index is -3.31. The van der Waals surface area contributed by atoms with Gasteiger partial charge in [0.25, 0.3) is 5.91 Å². The zero-order valence-corrected chi connectivity index (χ0v) is 13.3. The standard InChI is InChI=1S/C14H22F2N4O2/c1-9(2)12-17-11(18-22-12)8-19(4)10-5-6-20(7-10)13(21)14(3,15)16/h9-10H,5-8H2,1-4H3. The van der Waals surface area contributed by atoms with Crippen LogP contribution in [0.1, 0.15) is 44.8 Å². The highest BCUT2D eigenvalue weighted by molar-refractivity contribution is 5.83. The lowest BCUT2D eigenvalue weighted by Gasteiger charge is -2.24. The van der Waals surface area contributed by atoms with Crippen LogP contribution in [0.15, 0.2) is 4.52 Å². The van der Waals surface area contributed by atoms with E-state index in [0.29, 0.717) is 44.7 Å². The average Bonchev–Trinajstić information content (AvgIpc) is 3.05. The van der Waals surface area contributed by atoms with Crippen LogP contribution in [0.3, 0.4) is 0 Å². The molecule has 1 saturated heterocycles. The molecule has 1 amide bonds. The van der Waals surface area contributed by atoms with E-state index < -0.39 is 11.8 Å². The first-order chi connectivity index (χ1) is 10.2. The lowest BCUT2D eigenvalue weighted by Crippen LogP contribution is -2.42. The normalized spacial score (nSPS) is 19.5. The van der Waals surface area contributed by atoms with Crippen molar-refractivity contribution in [2.45, 2.75) is 51.6 Å². The number of carbonyl (C=O) groups excluding carboxylic acids is 1. The summed E-state index contributed by atoms with van der Waals surface area (Å²) in [5, 5.41) is 3.91. The van der Waals surface area contributed by atoms with Crippen molar-refractivity contribution in [3.05, 3.63) is 11.7 Å². The second-order valence-electron chi connectivity index (χ2n) is 6.20. The maximum atomic E-state index is 13.1. The van der Waals surface area contributed by atoms with Crippen LogP contribution in [0.25, 0.3) is 0 Å². The number of rotatable bonds is 5. The Bertz CT molecular complexity index is 527. The minimum absolute atomic E-state index is 0.0206. The number of aromatic nitrogens is 2. The van der Waals surface area contributed by atoms with Crippen molar-refractivity contribution in [3.8, 4) is 0 Å². The molecule has 2 heterocycles. The van der Waals surface area contributed by atoms with Crippen LogP contribution in [0.2, 0.25) is 0 Å². The number of amides is 1. The van der Waals surface area contributed by atoms with E-state index in [4.69, 9.17) is 4.52 Å². The van der Waals surface area contributed by atoms with Crippen molar-refractivity contribution in [3.63, 3.8) is 0 Å². The van der Waals surface area contributed by atoms with Gasteiger partial charge in [0, 0.05) is 32.0 Å². The predicted molar refractivity (Wildman–Crippen MR) is 75.5 cm³/mol. The molecular formula is C14H22F2N4O2. The molecule has 124 valence electrons. The molecule has 1 aromatic rings. The zero-order chi connectivity index (χ0) is 16.5. The van der Waals surface area contributed by atoms with Gasteiger partial charge in [-0.2, -0.15) is 13.8 Å². The number of carbonyl (C=O) groups is 1. The summed E-state index contributed by atoms with van der Waals surface area (Å²) in [5.74, 6) is -3.11. The number of alkyl halides is 2. The largest absolute Gasteiger partial charge is 0.339 e. The summed E-state index contributed by atoms with van der Waals surface area (Å²) in [7, 11) is 1.87. The summed E-state index contributed by atoms with van der Waals surface area (Å²) in [5.41, 5.74) is 0. The lowest BCUT2D eigenvalue weighted by atomic mass is 10.2. The lowest BCUT2D eigenvalue weighted by molar-refractivity contribution is -0.153. The molecule has 1 aliphatic rings. The van der Waals surface area contributed by atoms with Crippen molar-refractivity contribution in [1.82, 2.24) is 19.9 Å². The number of likely N-dealkylation sites (tertiary alicyclic amines) is 1. The van der Waals surface area contributed by atoms with Crippen molar-refractivity contribution in [1.29, 1.82) is 0 Å². The fraction of sp³-hybridized carbons (Fsp3) is 0.786. The van der Waals surface area contributed by atoms with Gasteiger partial charge < -0.3 is 9.42 Å². The molecule has 0 spiro atoms. The van der Waals surface area contributed by atoms with Crippen molar-refractivity contribution in [2.75, 3.05) is 20.1 Å². The molecule has 8 heteroatoms. The van der Waals surface area contributed by atoms with E-state index in [9.17, 15) is 13.6 Å². The molecule has 1 aromatic heterocycles. The zero-order valence-electron chi connectivity index (χ0n) is 13.3. The third-order valence-electron chi connectivity index (χ3n) is 3.82. The SMILES string of the molecule is CC(C)c1nc(CN(C)C2CCN(C(=O)C(C)(F)F)C2)no1. The molecule has 0 saturated carbocycles. The van der Waals surface area contributed by atoms with Gasteiger partial charge in [-0.05, 0) is 13.5 Å². The van der Waals surface area contributed by atoms with E-state index in [1.54, 1.807) is 0 Å². The molecule has 1 atom stereocenters. The summed E-state index contributed by atoms with van der Waals surface area (Å²) in [6, 6.07) is 0.0206. The van der Waals surface area contributed by atoms with E-state index in [2.05, 4.69) is 10.1 Å². The quantitative estimate of drug-likeness (QED) is 0.830. The van der Waals surface area contributed by atoms with Crippen LogP contribution in [0, 0.1) is 0 Å². The molecule has 0 N–H and O–H groups in total. The Kier molecular flexibility index (Phi) is 4.79. The highest BCUT2D eigenvalue weighted by Gasteiger charge is 2.40. The van der Waals surface area contributed by atoms with Gasteiger partial charge in [-0.1, -0.05) is 19.0 Å². The first-order valence-corrected chi connectivity index (χ1v) is 7.38. The first-order valence-electron chi connectivity index (χ1n) is 7.38. The van der Waals surface area contributed by atoms with Gasteiger partial charge in [0.05, 0.1) is 6.54 Å². The number of halogens is 2. The van der Waals surface area contributed by atoms with Crippen LogP contribution in [-0.2, 0) is 11.3 Å². The van der Waals surface area contributed by atoms with Crippen LogP contribution >= 0.6 is 0 Å². The Morgan fingerprint density at radius 3 is 2.77 bits per heavy atom. The van der Waals surface area contributed by atoms with Crippen LogP contribution in [0.5, 0.6) is 0 Å². The second-order valence-corrected chi connectivity index (χ2v) is 6.20. The Morgan fingerprint density at radius 2 is 2.23 bits per heavy atom. The third-order valence-corrected chi connectivity index (χ3v) is 3.82. The summed E-state index contributed by atoms with van der Waals surface area (Å²) in [6.07, 6.45) is 0.660. The Balaban J connectivity index is 1.91. The summed E-state index contributed by atoms with van der Waals surface area (Å²) < 4.78 is 31.3. The van der Waals surface area contributed by atoms with E-state index >= 15 is 0 Å². The van der Waals surface area contributed by atoms with Gasteiger partial charge in [-0.25, -0.2) is 0 Å². The fourth-order valence-electron chi connectivity index (χ4n) is 2.48. The van der Waals surface area contributed by atoms with Crippen molar-refractivity contribution in [2.24, 2.45) is 0 Å². The van der Waals surface area contributed by atoms with Crippen molar-refractivity contribution < 1.29 is 18.1 Å². The third kappa shape index (κ3) is 3.79. The predicted octanol–water partition coefficient (Wildman–Crippen LogP) is 1.88. The van der Waals surface area contributed by atoms with Gasteiger partial charge in [0.1, 0.15) is 0 Å². The Labute approximate surface area is 128 Å². The molecule has 1 unspecified atom stereocenters. The Morgan fingerprint density at radius 1 is 1.55 bits per heavy atom. The van der Waals surface area contributed by atoms with E-state index in [1.165, 1.54) is 4.90 Å². The smallest absolute Gasteiger partial charge is 0.322 e. The molecule has 1 aliphatic heterocycles. The molecule has 6 nitrogen and oxygen atoms in total. The van der Waals surface area contributed by atoms with Gasteiger partial charge in [0.15, 0.2) is 5.82 Å². The van der Waals surface area contributed by atoms with E-state index in [-0.39, 0.29) is 12.0 Å². The molecule has 2 rings (SSSR count). The minimum Gasteiger partial charge on any atom is -0.339 e. The van der Waals surface area contributed by atoms with Gasteiger partial charge in [0.2, 0.25) is 5.89 Å². The van der Waals surface area contributed by atoms with E-state index in [1.807, 2.05) is 25.8 Å². The molecule has 0 bridgehead atoms. The average molecular weight is 316 g/mol. The van der Waals surface area contributed by atoms with Crippen LogP contribution < -0.4 is 0 Å². The summed E-state index contributed by atoms with van der Waals surface area (Å²) in [6.45, 7) is 5.68. The van der Waals surface area contributed by atoms with Gasteiger partial charge >= 0.3 is 5.92 Å². The molecule has 0 radical (unpaired) electrons. The van der Waals surface area contributed by atoms with Crippen molar-refractivity contribution >= 4 is 5.91 Å². The molecule has 0 aromatic carbocycles. The fourth-order valence-corrected chi connectivity index (χ4v) is 2.48. The second kappa shape index (κ2) is 6.28. The highest BCUT2D eigenvalue weighted by Crippen LogP contribution is 2.22. The summed E-state index contributed by atoms with van der Waals surface area (Å²) in [4.78, 5) is 19.1. The highest BCUT2D eigenvalue weighted by atomic mass is 19.3. The monoisotopic (exact) mass is 316 g/mol. The molecule has 1 fully saturated rings. The summed E-state index contributed by atoms with van der Waals surface area (Å²) >= 11 is 0. The number of hydrogen-bond donors (Lipinski definition) is 0. The number of hydrogen-bond acceptors (Lipinski definition) is 5. The van der Waals surface area contributed by atoms with Crippen LogP contribution in [-0.4, -0.2) is 57.9 Å². The van der Waals surface area contributed by atoms with E-state index in [0.717, 1.165) is 0 Å². The number of likely N-dealkylation sites (N-methyl/N-ethyl adjacent to an activating group) is 1. The maximum absolute atomic E-state index is 13.1.